The summed E-state index contributed by atoms with van der Waals surface area (Å²) in [5.74, 6) is 1.84. The van der Waals surface area contributed by atoms with E-state index in [1.807, 2.05) is 25.1 Å². The molecule has 2 aliphatic rings. The van der Waals surface area contributed by atoms with Crippen molar-refractivity contribution in [3.05, 3.63) is 18.2 Å². The van der Waals surface area contributed by atoms with Gasteiger partial charge in [-0.1, -0.05) is 0 Å². The van der Waals surface area contributed by atoms with Gasteiger partial charge in [0.2, 0.25) is 6.79 Å². The maximum absolute atomic E-state index is 11.5. The molecular formula is C17H24N2O4. The second-order valence-corrected chi connectivity index (χ2v) is 6.15. The van der Waals surface area contributed by atoms with Crippen molar-refractivity contribution in [2.24, 2.45) is 11.7 Å². The quantitative estimate of drug-likeness (QED) is 0.836. The number of piperidine rings is 1. The minimum atomic E-state index is -0.124. The largest absolute Gasteiger partial charge is 0.466 e. The van der Waals surface area contributed by atoms with Crippen LogP contribution in [-0.2, 0) is 9.53 Å². The number of nitrogens with two attached hydrogens (primary N) is 1. The Kier molecular flexibility index (Phi) is 4.91. The van der Waals surface area contributed by atoms with Crippen LogP contribution in [0.1, 0.15) is 26.2 Å². The molecule has 0 amide bonds. The third-order valence-electron chi connectivity index (χ3n) is 4.35. The zero-order valence-electron chi connectivity index (χ0n) is 13.5. The molecule has 0 aromatic heterocycles. The molecular weight excluding hydrogens is 296 g/mol. The zero-order valence-corrected chi connectivity index (χ0v) is 13.5. The number of ether oxygens (including phenoxy) is 3. The van der Waals surface area contributed by atoms with Gasteiger partial charge in [0.1, 0.15) is 0 Å². The fraction of sp³-hybridized carbons (Fsp3) is 0.588. The summed E-state index contributed by atoms with van der Waals surface area (Å²) < 4.78 is 15.8. The molecule has 1 aromatic carbocycles. The fourth-order valence-electron chi connectivity index (χ4n) is 3.30. The van der Waals surface area contributed by atoms with Gasteiger partial charge in [0.15, 0.2) is 11.5 Å². The Hall–Kier alpha value is -1.95. The van der Waals surface area contributed by atoms with Crippen LogP contribution in [0.3, 0.4) is 0 Å². The highest BCUT2D eigenvalue weighted by molar-refractivity contribution is 5.69. The smallest absolute Gasteiger partial charge is 0.305 e. The van der Waals surface area contributed by atoms with Crippen LogP contribution < -0.4 is 20.1 Å². The molecule has 0 radical (unpaired) electrons. The first-order chi connectivity index (χ1) is 11.2. The third-order valence-corrected chi connectivity index (χ3v) is 4.35. The summed E-state index contributed by atoms with van der Waals surface area (Å²) in [5, 5.41) is 0. The number of carbonyl (C=O) groups excluding carboxylic acids is 1. The van der Waals surface area contributed by atoms with Crippen LogP contribution in [0.15, 0.2) is 18.2 Å². The Morgan fingerprint density at radius 3 is 3.00 bits per heavy atom. The molecule has 1 saturated heterocycles. The van der Waals surface area contributed by atoms with Crippen molar-refractivity contribution in [3.8, 4) is 11.5 Å². The van der Waals surface area contributed by atoms with E-state index in [9.17, 15) is 4.79 Å². The predicted octanol–water partition coefficient (Wildman–Crippen LogP) is 1.91. The van der Waals surface area contributed by atoms with Crippen LogP contribution >= 0.6 is 0 Å². The summed E-state index contributed by atoms with van der Waals surface area (Å²) in [6.07, 6.45) is 2.22. The molecule has 0 spiro atoms. The van der Waals surface area contributed by atoms with E-state index in [1.54, 1.807) is 0 Å². The van der Waals surface area contributed by atoms with Crippen molar-refractivity contribution >= 4 is 11.7 Å². The number of anilines is 1. The van der Waals surface area contributed by atoms with Crippen LogP contribution in [0, 0.1) is 5.92 Å². The fourth-order valence-corrected chi connectivity index (χ4v) is 3.30. The molecule has 2 heterocycles. The van der Waals surface area contributed by atoms with Crippen LogP contribution in [-0.4, -0.2) is 38.5 Å². The van der Waals surface area contributed by atoms with Gasteiger partial charge in [-0.05, 0) is 37.8 Å². The van der Waals surface area contributed by atoms with E-state index in [0.717, 1.165) is 43.1 Å². The Balaban J connectivity index is 1.62. The normalized spacial score (nSPS) is 23.0. The molecule has 1 aromatic rings. The number of fused-ring (bicyclic) bond motifs is 1. The monoisotopic (exact) mass is 320 g/mol. The van der Waals surface area contributed by atoms with Crippen LogP contribution in [0.25, 0.3) is 0 Å². The van der Waals surface area contributed by atoms with Gasteiger partial charge in [0, 0.05) is 37.3 Å². The highest BCUT2D eigenvalue weighted by Gasteiger charge is 2.27. The summed E-state index contributed by atoms with van der Waals surface area (Å²) in [7, 11) is 0. The molecule has 126 valence electrons. The molecule has 6 nitrogen and oxygen atoms in total. The maximum Gasteiger partial charge on any atom is 0.305 e. The van der Waals surface area contributed by atoms with Gasteiger partial charge >= 0.3 is 5.97 Å². The van der Waals surface area contributed by atoms with Crippen molar-refractivity contribution in [2.45, 2.75) is 32.2 Å². The van der Waals surface area contributed by atoms with E-state index in [0.29, 0.717) is 18.9 Å². The van der Waals surface area contributed by atoms with Gasteiger partial charge in [0.25, 0.3) is 0 Å². The van der Waals surface area contributed by atoms with Gasteiger partial charge in [-0.15, -0.1) is 0 Å². The average Bonchev–Trinajstić information content (AvgIpc) is 3.00. The van der Waals surface area contributed by atoms with E-state index < -0.39 is 0 Å². The molecule has 23 heavy (non-hydrogen) atoms. The Morgan fingerprint density at radius 2 is 2.17 bits per heavy atom. The third kappa shape index (κ3) is 3.88. The van der Waals surface area contributed by atoms with Crippen molar-refractivity contribution in [3.63, 3.8) is 0 Å². The van der Waals surface area contributed by atoms with E-state index in [1.165, 1.54) is 0 Å². The summed E-state index contributed by atoms with van der Waals surface area (Å²) in [6, 6.07) is 6.09. The highest BCUT2D eigenvalue weighted by atomic mass is 16.7. The lowest BCUT2D eigenvalue weighted by atomic mass is 9.90. The number of benzene rings is 1. The van der Waals surface area contributed by atoms with Crippen molar-refractivity contribution in [1.29, 1.82) is 0 Å². The topological polar surface area (TPSA) is 74.0 Å². The summed E-state index contributed by atoms with van der Waals surface area (Å²) in [5.41, 5.74) is 7.31. The Bertz CT molecular complexity index is 564. The number of carbonyl (C=O) groups is 1. The van der Waals surface area contributed by atoms with Crippen LogP contribution in [0.2, 0.25) is 0 Å². The molecule has 2 N–H and O–H groups in total. The number of hydrogen-bond donors (Lipinski definition) is 1. The molecule has 0 bridgehead atoms. The van der Waals surface area contributed by atoms with Gasteiger partial charge in [-0.2, -0.15) is 0 Å². The SMILES string of the molecule is CCOC(=O)CCC1CC(N)CN(c2ccc3c(c2)OCO3)C1. The van der Waals surface area contributed by atoms with Crippen molar-refractivity contribution < 1.29 is 19.0 Å². The lowest BCUT2D eigenvalue weighted by Crippen LogP contribution is -2.47. The summed E-state index contributed by atoms with van der Waals surface area (Å²) >= 11 is 0. The van der Waals surface area contributed by atoms with E-state index in [-0.39, 0.29) is 18.8 Å². The number of esters is 1. The highest BCUT2D eigenvalue weighted by Crippen LogP contribution is 2.36. The molecule has 2 unspecified atom stereocenters. The van der Waals surface area contributed by atoms with Crippen molar-refractivity contribution in [1.82, 2.24) is 0 Å². The van der Waals surface area contributed by atoms with E-state index in [2.05, 4.69) is 4.90 Å². The molecule has 3 rings (SSSR count). The summed E-state index contributed by atoms with van der Waals surface area (Å²) in [6.45, 7) is 4.25. The second kappa shape index (κ2) is 7.08. The number of hydrogen-bond acceptors (Lipinski definition) is 6. The standard InChI is InChI=1S/C17H24N2O4/c1-2-21-17(20)6-3-12-7-13(18)10-19(9-12)14-4-5-15-16(8-14)23-11-22-15/h4-5,8,12-13H,2-3,6-7,9-11,18H2,1H3. The lowest BCUT2D eigenvalue weighted by Gasteiger charge is -2.37. The minimum Gasteiger partial charge on any atom is -0.466 e. The molecule has 1 fully saturated rings. The summed E-state index contributed by atoms with van der Waals surface area (Å²) in [4.78, 5) is 13.8. The van der Waals surface area contributed by atoms with E-state index in [4.69, 9.17) is 19.9 Å². The Morgan fingerprint density at radius 1 is 1.35 bits per heavy atom. The first kappa shape index (κ1) is 15.9. The number of rotatable bonds is 5. The number of nitrogens with zero attached hydrogens (tertiary/aromatic N) is 1. The molecule has 2 atom stereocenters. The predicted molar refractivity (Wildman–Crippen MR) is 86.7 cm³/mol. The van der Waals surface area contributed by atoms with Gasteiger partial charge in [-0.3, -0.25) is 4.79 Å². The second-order valence-electron chi connectivity index (χ2n) is 6.15. The first-order valence-electron chi connectivity index (χ1n) is 8.21. The maximum atomic E-state index is 11.5. The molecule has 0 aliphatic carbocycles. The van der Waals surface area contributed by atoms with Crippen LogP contribution in [0.5, 0.6) is 11.5 Å². The molecule has 2 aliphatic heterocycles. The first-order valence-corrected chi connectivity index (χ1v) is 8.21. The minimum absolute atomic E-state index is 0.112. The zero-order chi connectivity index (χ0) is 16.2. The van der Waals surface area contributed by atoms with Crippen LogP contribution in [0.4, 0.5) is 5.69 Å². The lowest BCUT2D eigenvalue weighted by molar-refractivity contribution is -0.143. The molecule has 0 saturated carbocycles. The van der Waals surface area contributed by atoms with Gasteiger partial charge in [-0.25, -0.2) is 0 Å². The Labute approximate surface area is 136 Å². The molecule has 6 heteroatoms. The average molecular weight is 320 g/mol. The van der Waals surface area contributed by atoms with Crippen molar-refractivity contribution in [2.75, 3.05) is 31.4 Å². The van der Waals surface area contributed by atoms with E-state index >= 15 is 0 Å². The van der Waals surface area contributed by atoms with Gasteiger partial charge in [0.05, 0.1) is 6.61 Å². The van der Waals surface area contributed by atoms with Gasteiger partial charge < -0.3 is 24.8 Å².